The highest BCUT2D eigenvalue weighted by molar-refractivity contribution is 7.47. The molecule has 0 aromatic carbocycles. The topological polar surface area (TPSA) is 105 Å². The molecule has 1 amide bonds. The molecule has 0 radical (unpaired) electrons. The number of amides is 1. The van der Waals surface area contributed by atoms with Crippen LogP contribution in [-0.2, 0) is 18.4 Å². The Morgan fingerprint density at radius 3 is 1.01 bits per heavy atom. The van der Waals surface area contributed by atoms with E-state index in [-0.39, 0.29) is 19.1 Å². The number of nitrogens with one attached hydrogen (secondary N) is 1. The van der Waals surface area contributed by atoms with E-state index in [1.165, 1.54) is 295 Å². The lowest BCUT2D eigenvalue weighted by Crippen LogP contribution is -2.46. The van der Waals surface area contributed by atoms with Crippen LogP contribution in [0.5, 0.6) is 0 Å². The third kappa shape index (κ3) is 66.2. The molecule has 0 saturated carbocycles. The van der Waals surface area contributed by atoms with Crippen LogP contribution in [0.3, 0.4) is 0 Å². The van der Waals surface area contributed by atoms with E-state index < -0.39 is 20.0 Å². The van der Waals surface area contributed by atoms with Gasteiger partial charge in [-0.15, -0.1) is 0 Å². The zero-order valence-corrected chi connectivity index (χ0v) is 56.7. The van der Waals surface area contributed by atoms with E-state index in [1.807, 2.05) is 21.1 Å². The third-order valence-electron chi connectivity index (χ3n) is 16.9. The molecule has 3 atom stereocenters. The Labute approximate surface area is 512 Å². The van der Waals surface area contributed by atoms with Crippen molar-refractivity contribution in [1.82, 2.24) is 5.32 Å². The number of carbonyl (C=O) groups is 1. The van der Waals surface area contributed by atoms with Gasteiger partial charge in [-0.2, -0.15) is 0 Å². The second kappa shape index (κ2) is 64.2. The molecule has 0 aromatic rings. The highest BCUT2D eigenvalue weighted by Gasteiger charge is 2.28. The van der Waals surface area contributed by atoms with Crippen molar-refractivity contribution < 1.29 is 32.9 Å². The van der Waals surface area contributed by atoms with E-state index >= 15 is 0 Å². The van der Waals surface area contributed by atoms with Gasteiger partial charge in [-0.3, -0.25) is 13.8 Å². The minimum Gasteiger partial charge on any atom is -0.391 e. The second-order valence-corrected chi connectivity index (χ2v) is 27.8. The molecule has 0 aliphatic carbocycles. The summed E-state index contributed by atoms with van der Waals surface area (Å²) >= 11 is 0. The average molecular weight is 1180 g/mol. The maximum absolute atomic E-state index is 13.1. The van der Waals surface area contributed by atoms with Crippen molar-refractivity contribution in [2.75, 3.05) is 40.9 Å². The van der Waals surface area contributed by atoms with Gasteiger partial charge in [-0.05, 0) is 51.4 Å². The molecule has 0 saturated heterocycles. The first kappa shape index (κ1) is 80.7. The normalized spacial score (nSPS) is 13.8. The third-order valence-corrected chi connectivity index (χ3v) is 17.9. The van der Waals surface area contributed by atoms with Gasteiger partial charge < -0.3 is 19.8 Å². The lowest BCUT2D eigenvalue weighted by Gasteiger charge is -2.26. The summed E-state index contributed by atoms with van der Waals surface area (Å²) in [5, 5.41) is 14.2. The molecule has 486 valence electrons. The molecule has 0 aromatic heterocycles. The Morgan fingerprint density at radius 2 is 0.695 bits per heavy atom. The summed E-state index contributed by atoms with van der Waals surface area (Å²) in [6.07, 6.45) is 85.4. The van der Waals surface area contributed by atoms with Crippen molar-refractivity contribution in [2.24, 2.45) is 0 Å². The Balaban J connectivity index is 4.00. The number of hydrogen-bond donors (Lipinski definition) is 3. The lowest BCUT2D eigenvalue weighted by molar-refractivity contribution is -0.870. The lowest BCUT2D eigenvalue weighted by atomic mass is 10.0. The predicted molar refractivity (Wildman–Crippen MR) is 360 cm³/mol. The SMILES string of the molecule is CCCCCCC/C=C\C/C=C\C/C=C\CCCCCCCCCCCCCCCCC(=O)NC(COP(=O)(O)OCC[N+](C)(C)C)C(O)CCCCCCCCCCCCCCCCCCCCCCCCCCCCCCCCC. The van der Waals surface area contributed by atoms with Crippen molar-refractivity contribution in [2.45, 2.75) is 386 Å². The van der Waals surface area contributed by atoms with Crippen molar-refractivity contribution in [3.63, 3.8) is 0 Å². The predicted octanol–water partition coefficient (Wildman–Crippen LogP) is 23.2. The molecule has 0 fully saturated rings. The first-order valence-corrected chi connectivity index (χ1v) is 37.8. The first-order chi connectivity index (χ1) is 40.0. The Kier molecular flexibility index (Phi) is 63.2. The molecule has 0 bridgehead atoms. The molecule has 0 heterocycles. The zero-order chi connectivity index (χ0) is 59.8. The second-order valence-electron chi connectivity index (χ2n) is 26.3. The maximum Gasteiger partial charge on any atom is 0.472 e. The minimum absolute atomic E-state index is 0.0758. The van der Waals surface area contributed by atoms with Crippen molar-refractivity contribution in [3.8, 4) is 0 Å². The highest BCUT2D eigenvalue weighted by Crippen LogP contribution is 2.43. The molecular formula is C73H144N2O6P+. The fourth-order valence-corrected chi connectivity index (χ4v) is 12.0. The maximum atomic E-state index is 13.1. The van der Waals surface area contributed by atoms with Crippen LogP contribution in [0.4, 0.5) is 0 Å². The molecule has 0 spiro atoms. The number of aliphatic hydroxyl groups excluding tert-OH is 1. The van der Waals surface area contributed by atoms with Crippen LogP contribution >= 0.6 is 7.82 Å². The van der Waals surface area contributed by atoms with E-state index in [0.717, 1.165) is 51.4 Å². The van der Waals surface area contributed by atoms with E-state index in [0.29, 0.717) is 23.9 Å². The number of carbonyl (C=O) groups excluding carboxylic acids is 1. The van der Waals surface area contributed by atoms with Gasteiger partial charge in [0.25, 0.3) is 0 Å². The van der Waals surface area contributed by atoms with Gasteiger partial charge in [0.05, 0.1) is 39.9 Å². The van der Waals surface area contributed by atoms with Crippen LogP contribution < -0.4 is 5.32 Å². The Hall–Kier alpha value is -1.28. The van der Waals surface area contributed by atoms with E-state index in [9.17, 15) is 19.4 Å². The number of unbranched alkanes of at least 4 members (excludes halogenated alkanes) is 49. The monoisotopic (exact) mass is 1180 g/mol. The number of nitrogens with zero attached hydrogens (tertiary/aromatic N) is 1. The summed E-state index contributed by atoms with van der Waals surface area (Å²) in [4.78, 5) is 23.5. The smallest absolute Gasteiger partial charge is 0.391 e. The first-order valence-electron chi connectivity index (χ1n) is 36.4. The quantitative estimate of drug-likeness (QED) is 0.0243. The highest BCUT2D eigenvalue weighted by atomic mass is 31.2. The number of phosphoric acid groups is 1. The zero-order valence-electron chi connectivity index (χ0n) is 55.8. The Bertz CT molecular complexity index is 1430. The molecule has 0 rings (SSSR count). The van der Waals surface area contributed by atoms with Gasteiger partial charge in [-0.25, -0.2) is 4.57 Å². The van der Waals surface area contributed by atoms with Gasteiger partial charge in [-0.1, -0.05) is 352 Å². The van der Waals surface area contributed by atoms with Crippen LogP contribution in [0.15, 0.2) is 36.5 Å². The van der Waals surface area contributed by atoms with Crippen LogP contribution in [0.2, 0.25) is 0 Å². The van der Waals surface area contributed by atoms with E-state index in [1.54, 1.807) is 0 Å². The fraction of sp³-hybridized carbons (Fsp3) is 0.904. The van der Waals surface area contributed by atoms with Crippen LogP contribution in [0.1, 0.15) is 373 Å². The minimum atomic E-state index is -4.33. The molecular weight excluding hydrogens is 1030 g/mol. The number of hydrogen-bond acceptors (Lipinski definition) is 5. The van der Waals surface area contributed by atoms with Crippen molar-refractivity contribution in [3.05, 3.63) is 36.5 Å². The van der Waals surface area contributed by atoms with Crippen LogP contribution in [0, 0.1) is 0 Å². The van der Waals surface area contributed by atoms with Crippen LogP contribution in [-0.4, -0.2) is 73.4 Å². The molecule has 0 aliphatic rings. The van der Waals surface area contributed by atoms with Crippen molar-refractivity contribution >= 4 is 13.7 Å². The van der Waals surface area contributed by atoms with Gasteiger partial charge in [0, 0.05) is 6.42 Å². The summed E-state index contributed by atoms with van der Waals surface area (Å²) in [6.45, 7) is 4.93. The van der Waals surface area contributed by atoms with Gasteiger partial charge >= 0.3 is 7.82 Å². The molecule has 82 heavy (non-hydrogen) atoms. The molecule has 3 N–H and O–H groups in total. The summed E-state index contributed by atoms with van der Waals surface area (Å²) < 4.78 is 23.9. The van der Waals surface area contributed by atoms with E-state index in [4.69, 9.17) is 9.05 Å². The number of phosphoric ester groups is 1. The standard InChI is InChI=1S/C73H143N2O6P/c1-6-8-10-12-14-16-18-20-22-24-26-28-30-32-34-36-37-39-40-42-44-46-48-50-52-54-56-58-60-62-64-66-72(76)71(70-81-82(78,79)80-69-68-75(3,4)5)74-73(77)67-65-63-61-59-57-55-53-51-49-47-45-43-41-38-35-33-31-29-27-25-23-21-19-17-15-13-11-9-7-2/h19,21,25,27,31,33,71-72,76H,6-18,20,22-24,26,28-30,32,34-70H2,1-5H3,(H-,74,77,78,79)/p+1/b21-19-,27-25-,33-31-. The van der Waals surface area contributed by atoms with E-state index in [2.05, 4.69) is 55.6 Å². The average Bonchev–Trinajstić information content (AvgIpc) is 3.47. The number of aliphatic hydroxyl groups is 1. The summed E-state index contributed by atoms with van der Waals surface area (Å²) in [7, 11) is 1.63. The Morgan fingerprint density at radius 1 is 0.415 bits per heavy atom. The molecule has 0 aliphatic heterocycles. The van der Waals surface area contributed by atoms with Gasteiger partial charge in [0.2, 0.25) is 5.91 Å². The van der Waals surface area contributed by atoms with Crippen molar-refractivity contribution in [1.29, 1.82) is 0 Å². The number of rotatable bonds is 68. The fourth-order valence-electron chi connectivity index (χ4n) is 11.2. The number of quaternary nitrogens is 1. The van der Waals surface area contributed by atoms with Crippen LogP contribution in [0.25, 0.3) is 0 Å². The van der Waals surface area contributed by atoms with Gasteiger partial charge in [0.15, 0.2) is 0 Å². The van der Waals surface area contributed by atoms with Gasteiger partial charge in [0.1, 0.15) is 13.2 Å². The summed E-state index contributed by atoms with van der Waals surface area (Å²) in [6, 6.07) is -0.763. The largest absolute Gasteiger partial charge is 0.472 e. The number of allylic oxidation sites excluding steroid dienone is 6. The molecule has 9 heteroatoms. The summed E-state index contributed by atoms with van der Waals surface area (Å²) in [5.74, 6) is -0.139. The number of likely N-dealkylation sites (N-methyl/N-ethyl adjacent to an activating group) is 1. The summed E-state index contributed by atoms with van der Waals surface area (Å²) in [5.41, 5.74) is 0. The molecule has 8 nitrogen and oxygen atoms in total. The molecule has 3 unspecified atom stereocenters.